The van der Waals surface area contributed by atoms with Crippen LogP contribution in [0.2, 0.25) is 0 Å². The van der Waals surface area contributed by atoms with Gasteiger partial charge >= 0.3 is 0 Å². The van der Waals surface area contributed by atoms with Crippen LogP contribution >= 0.6 is 0 Å². The average Bonchev–Trinajstić information content (AvgIpc) is 2.72. The number of hydrogen-bond acceptors (Lipinski definition) is 2. The molecule has 0 radical (unpaired) electrons. The molecule has 2 unspecified atom stereocenters. The fourth-order valence-corrected chi connectivity index (χ4v) is 3.38. The van der Waals surface area contributed by atoms with Gasteiger partial charge in [0.25, 0.3) is 0 Å². The molecule has 1 aliphatic rings. The number of rotatable bonds is 5. The van der Waals surface area contributed by atoms with E-state index in [9.17, 15) is 4.79 Å². The first-order valence-corrected chi connectivity index (χ1v) is 7.49. The monoisotopic (exact) mass is 253 g/mol. The number of hydrogen-bond donors (Lipinski definition) is 0. The normalized spacial score (nSPS) is 28.9. The van der Waals surface area contributed by atoms with E-state index in [0.29, 0.717) is 23.7 Å². The molecular weight excluding hydrogens is 222 g/mol. The summed E-state index contributed by atoms with van der Waals surface area (Å²) in [7, 11) is 2.13. The van der Waals surface area contributed by atoms with Crippen molar-refractivity contribution in [3.63, 3.8) is 0 Å². The first-order chi connectivity index (χ1) is 8.22. The van der Waals surface area contributed by atoms with Gasteiger partial charge in [0.2, 0.25) is 0 Å². The van der Waals surface area contributed by atoms with E-state index in [2.05, 4.69) is 39.6 Å². The molecule has 0 aromatic carbocycles. The minimum atomic E-state index is -0.197. The van der Waals surface area contributed by atoms with E-state index in [0.717, 1.165) is 12.8 Å². The lowest BCUT2D eigenvalue weighted by molar-refractivity contribution is -0.135. The molecule has 0 aliphatic heterocycles. The summed E-state index contributed by atoms with van der Waals surface area (Å²) in [6, 6.07) is 0.429. The predicted octanol–water partition coefficient (Wildman–Crippen LogP) is 3.75. The van der Waals surface area contributed by atoms with Crippen molar-refractivity contribution in [3.8, 4) is 0 Å². The van der Waals surface area contributed by atoms with Gasteiger partial charge in [-0.25, -0.2) is 0 Å². The smallest absolute Gasteiger partial charge is 0.155 e. The lowest BCUT2D eigenvalue weighted by Gasteiger charge is -2.41. The highest BCUT2D eigenvalue weighted by Gasteiger charge is 2.49. The molecule has 2 heteroatoms. The Morgan fingerprint density at radius 3 is 2.06 bits per heavy atom. The Bertz CT molecular complexity index is 295. The van der Waals surface area contributed by atoms with Crippen molar-refractivity contribution in [2.75, 3.05) is 7.05 Å². The summed E-state index contributed by atoms with van der Waals surface area (Å²) in [5, 5.41) is 0. The standard InChI is InChI=1S/C16H31NO/c1-11(2)14-8-9-16(10-14,15(18)12(3)4)17(7)13(5)6/h11-14H,8-10H2,1-7H3. The Balaban J connectivity index is 3.01. The van der Waals surface area contributed by atoms with E-state index in [4.69, 9.17) is 0 Å². The van der Waals surface area contributed by atoms with E-state index in [-0.39, 0.29) is 11.5 Å². The molecule has 0 bridgehead atoms. The number of ketones is 1. The van der Waals surface area contributed by atoms with Gasteiger partial charge in [0.05, 0.1) is 5.54 Å². The largest absolute Gasteiger partial charge is 0.297 e. The van der Waals surface area contributed by atoms with Crippen molar-refractivity contribution < 1.29 is 4.79 Å². The van der Waals surface area contributed by atoms with E-state index < -0.39 is 0 Å². The van der Waals surface area contributed by atoms with Crippen LogP contribution in [0.4, 0.5) is 0 Å². The minimum absolute atomic E-state index is 0.136. The summed E-state index contributed by atoms with van der Waals surface area (Å²) in [6.45, 7) is 13.0. The Labute approximate surface area is 113 Å². The van der Waals surface area contributed by atoms with E-state index in [1.54, 1.807) is 0 Å². The van der Waals surface area contributed by atoms with Crippen LogP contribution in [0.25, 0.3) is 0 Å². The minimum Gasteiger partial charge on any atom is -0.297 e. The van der Waals surface area contributed by atoms with E-state index in [1.165, 1.54) is 6.42 Å². The number of carbonyl (C=O) groups is 1. The van der Waals surface area contributed by atoms with Gasteiger partial charge in [-0.05, 0) is 52.0 Å². The highest BCUT2D eigenvalue weighted by atomic mass is 16.1. The highest BCUT2D eigenvalue weighted by Crippen LogP contribution is 2.44. The zero-order valence-corrected chi connectivity index (χ0v) is 13.3. The molecular formula is C16H31NO. The number of nitrogens with zero attached hydrogens (tertiary/aromatic N) is 1. The second-order valence-electron chi connectivity index (χ2n) is 7.00. The van der Waals surface area contributed by atoms with Gasteiger partial charge in [-0.3, -0.25) is 9.69 Å². The maximum Gasteiger partial charge on any atom is 0.155 e. The molecule has 0 aromatic rings. The van der Waals surface area contributed by atoms with Gasteiger partial charge in [-0.1, -0.05) is 27.7 Å². The quantitative estimate of drug-likeness (QED) is 0.744. The first-order valence-electron chi connectivity index (χ1n) is 7.49. The molecule has 0 heterocycles. The second kappa shape index (κ2) is 5.73. The molecule has 1 rings (SSSR count). The molecule has 0 saturated heterocycles. The summed E-state index contributed by atoms with van der Waals surface area (Å²) < 4.78 is 0. The molecule has 2 atom stereocenters. The highest BCUT2D eigenvalue weighted by molar-refractivity contribution is 5.90. The summed E-state index contributed by atoms with van der Waals surface area (Å²) in [4.78, 5) is 15.1. The third-order valence-corrected chi connectivity index (χ3v) is 4.90. The van der Waals surface area contributed by atoms with Crippen LogP contribution in [0.5, 0.6) is 0 Å². The number of likely N-dealkylation sites (N-methyl/N-ethyl adjacent to an activating group) is 1. The van der Waals surface area contributed by atoms with Crippen LogP contribution in [0, 0.1) is 17.8 Å². The Morgan fingerprint density at radius 2 is 1.72 bits per heavy atom. The van der Waals surface area contributed by atoms with Crippen molar-refractivity contribution in [2.45, 2.75) is 72.4 Å². The van der Waals surface area contributed by atoms with Gasteiger partial charge in [0.1, 0.15) is 0 Å². The van der Waals surface area contributed by atoms with Crippen LogP contribution in [0.15, 0.2) is 0 Å². The van der Waals surface area contributed by atoms with Crippen molar-refractivity contribution in [2.24, 2.45) is 17.8 Å². The van der Waals surface area contributed by atoms with Crippen LogP contribution in [0.1, 0.15) is 60.8 Å². The van der Waals surface area contributed by atoms with E-state index in [1.807, 2.05) is 13.8 Å². The molecule has 0 amide bonds. The topological polar surface area (TPSA) is 20.3 Å². The van der Waals surface area contributed by atoms with Gasteiger partial charge < -0.3 is 0 Å². The van der Waals surface area contributed by atoms with Crippen LogP contribution < -0.4 is 0 Å². The SMILES string of the molecule is CC(C)C(=O)C1(N(C)C(C)C)CCC(C(C)C)C1. The molecule has 2 nitrogen and oxygen atoms in total. The molecule has 1 saturated carbocycles. The summed E-state index contributed by atoms with van der Waals surface area (Å²) in [5.41, 5.74) is -0.197. The van der Waals surface area contributed by atoms with Gasteiger partial charge in [-0.15, -0.1) is 0 Å². The van der Waals surface area contributed by atoms with Crippen molar-refractivity contribution >= 4 is 5.78 Å². The maximum atomic E-state index is 12.7. The number of carbonyl (C=O) groups excluding carboxylic acids is 1. The van der Waals surface area contributed by atoms with Crippen molar-refractivity contribution in [1.29, 1.82) is 0 Å². The third-order valence-electron chi connectivity index (χ3n) is 4.90. The zero-order valence-electron chi connectivity index (χ0n) is 13.3. The Morgan fingerprint density at radius 1 is 1.17 bits per heavy atom. The van der Waals surface area contributed by atoms with Crippen molar-refractivity contribution in [1.82, 2.24) is 4.90 Å². The average molecular weight is 253 g/mol. The molecule has 18 heavy (non-hydrogen) atoms. The van der Waals surface area contributed by atoms with Gasteiger partial charge in [0.15, 0.2) is 5.78 Å². The Kier molecular flexibility index (Phi) is 4.99. The lowest BCUT2D eigenvalue weighted by Crippen LogP contribution is -2.55. The molecule has 1 fully saturated rings. The fourth-order valence-electron chi connectivity index (χ4n) is 3.38. The molecule has 0 spiro atoms. The zero-order chi connectivity index (χ0) is 14.1. The van der Waals surface area contributed by atoms with Gasteiger partial charge in [-0.2, -0.15) is 0 Å². The molecule has 1 aliphatic carbocycles. The second-order valence-corrected chi connectivity index (χ2v) is 7.00. The summed E-state index contributed by atoms with van der Waals surface area (Å²) in [6.07, 6.45) is 3.30. The summed E-state index contributed by atoms with van der Waals surface area (Å²) >= 11 is 0. The van der Waals surface area contributed by atoms with Crippen molar-refractivity contribution in [3.05, 3.63) is 0 Å². The number of Topliss-reactive ketones (excluding diaryl/α,β-unsaturated/α-hetero) is 1. The predicted molar refractivity (Wildman–Crippen MR) is 77.7 cm³/mol. The Hall–Kier alpha value is -0.370. The maximum absolute atomic E-state index is 12.7. The third kappa shape index (κ3) is 2.79. The van der Waals surface area contributed by atoms with Crippen LogP contribution in [-0.4, -0.2) is 29.3 Å². The van der Waals surface area contributed by atoms with Crippen LogP contribution in [-0.2, 0) is 4.79 Å². The molecule has 106 valence electrons. The molecule has 0 aromatic heterocycles. The fraction of sp³-hybridized carbons (Fsp3) is 0.938. The van der Waals surface area contributed by atoms with Crippen LogP contribution in [0.3, 0.4) is 0 Å². The first kappa shape index (κ1) is 15.7. The summed E-state index contributed by atoms with van der Waals surface area (Å²) in [5.74, 6) is 1.97. The van der Waals surface area contributed by atoms with Gasteiger partial charge in [0, 0.05) is 12.0 Å². The van der Waals surface area contributed by atoms with E-state index >= 15 is 0 Å². The molecule has 0 N–H and O–H groups in total. The lowest BCUT2D eigenvalue weighted by atomic mass is 9.81.